The van der Waals surface area contributed by atoms with Gasteiger partial charge in [0.25, 0.3) is 5.91 Å². The molecule has 0 aliphatic heterocycles. The highest BCUT2D eigenvalue weighted by atomic mass is 35.5. The van der Waals surface area contributed by atoms with Gasteiger partial charge in [-0.05, 0) is 69.9 Å². The van der Waals surface area contributed by atoms with Crippen molar-refractivity contribution in [1.82, 2.24) is 9.88 Å². The minimum absolute atomic E-state index is 0.175. The van der Waals surface area contributed by atoms with Crippen LogP contribution in [0.4, 0.5) is 5.13 Å². The number of amides is 1. The van der Waals surface area contributed by atoms with Gasteiger partial charge in [-0.3, -0.25) is 9.69 Å². The Morgan fingerprint density at radius 3 is 2.39 bits per heavy atom. The van der Waals surface area contributed by atoms with Gasteiger partial charge in [-0.1, -0.05) is 46.1 Å². The number of halogens is 3. The number of rotatable bonds is 6. The number of hydrogen-bond donors (Lipinski definition) is 0. The summed E-state index contributed by atoms with van der Waals surface area (Å²) >= 11 is 19.9. The number of aryl methyl sites for hydroxylation is 1. The highest BCUT2D eigenvalue weighted by Crippen LogP contribution is 2.34. The van der Waals surface area contributed by atoms with Crippen molar-refractivity contribution in [2.45, 2.75) is 13.3 Å². The quantitative estimate of drug-likeness (QED) is 0.445. The second kappa shape index (κ2) is 8.97. The van der Waals surface area contributed by atoms with Crippen LogP contribution in [0.15, 0.2) is 30.3 Å². The molecule has 2 aromatic carbocycles. The summed E-state index contributed by atoms with van der Waals surface area (Å²) in [5, 5.41) is 2.16. The van der Waals surface area contributed by atoms with Crippen molar-refractivity contribution in [3.8, 4) is 0 Å². The lowest BCUT2D eigenvalue weighted by atomic mass is 10.2. The molecule has 0 unspecified atom stereocenters. The van der Waals surface area contributed by atoms with Crippen LogP contribution < -0.4 is 4.90 Å². The molecule has 4 nitrogen and oxygen atoms in total. The number of benzene rings is 2. The standard InChI is InChI=1S/C20H20Cl3N3OS/c1-12-16(23)5-6-17-18(12)24-20(28-17)26(8-4-7-25(2)3)19(27)13-9-14(21)11-15(22)10-13/h5-6,9-11H,4,7-8H2,1-3H3. The zero-order chi connectivity index (χ0) is 20.4. The van der Waals surface area contributed by atoms with E-state index in [9.17, 15) is 4.79 Å². The van der Waals surface area contributed by atoms with Gasteiger partial charge in [0.2, 0.25) is 0 Å². The lowest BCUT2D eigenvalue weighted by Crippen LogP contribution is -2.33. The monoisotopic (exact) mass is 455 g/mol. The van der Waals surface area contributed by atoms with Gasteiger partial charge in [0.05, 0.1) is 10.2 Å². The second-order valence-corrected chi connectivity index (χ2v) is 9.08. The van der Waals surface area contributed by atoms with Gasteiger partial charge in [0.15, 0.2) is 5.13 Å². The first-order valence-electron chi connectivity index (χ1n) is 8.74. The molecule has 1 amide bonds. The van der Waals surface area contributed by atoms with Crippen LogP contribution in [0.3, 0.4) is 0 Å². The molecule has 1 aromatic heterocycles. The van der Waals surface area contributed by atoms with Crippen LogP contribution in [-0.2, 0) is 0 Å². The lowest BCUT2D eigenvalue weighted by Gasteiger charge is -2.21. The smallest absolute Gasteiger partial charge is 0.260 e. The third-order valence-electron chi connectivity index (χ3n) is 4.31. The van der Waals surface area contributed by atoms with E-state index in [-0.39, 0.29) is 5.91 Å². The molecular weight excluding hydrogens is 437 g/mol. The van der Waals surface area contributed by atoms with Crippen molar-refractivity contribution in [2.75, 3.05) is 32.1 Å². The summed E-state index contributed by atoms with van der Waals surface area (Å²) in [6.45, 7) is 3.33. The van der Waals surface area contributed by atoms with E-state index in [1.165, 1.54) is 11.3 Å². The number of hydrogen-bond acceptors (Lipinski definition) is 4. The third kappa shape index (κ3) is 4.78. The van der Waals surface area contributed by atoms with Crippen LogP contribution in [0, 0.1) is 6.92 Å². The number of anilines is 1. The fraction of sp³-hybridized carbons (Fsp3) is 0.300. The summed E-state index contributed by atoms with van der Waals surface area (Å²) in [6.07, 6.45) is 0.808. The summed E-state index contributed by atoms with van der Waals surface area (Å²) in [4.78, 5) is 21.8. The van der Waals surface area contributed by atoms with Crippen LogP contribution in [-0.4, -0.2) is 43.0 Å². The predicted molar refractivity (Wildman–Crippen MR) is 121 cm³/mol. The van der Waals surface area contributed by atoms with Gasteiger partial charge in [0, 0.05) is 27.2 Å². The third-order valence-corrected chi connectivity index (χ3v) is 6.20. The lowest BCUT2D eigenvalue weighted by molar-refractivity contribution is 0.0986. The Balaban J connectivity index is 2.01. The Bertz CT molecular complexity index is 999. The summed E-state index contributed by atoms with van der Waals surface area (Å²) in [6, 6.07) is 8.66. The predicted octanol–water partition coefficient (Wildman–Crippen LogP) is 6.16. The van der Waals surface area contributed by atoms with E-state index in [0.717, 1.165) is 28.7 Å². The van der Waals surface area contributed by atoms with Crippen molar-refractivity contribution in [3.05, 3.63) is 56.5 Å². The van der Waals surface area contributed by atoms with Crippen LogP contribution in [0.25, 0.3) is 10.2 Å². The number of carbonyl (C=O) groups excluding carboxylic acids is 1. The SMILES string of the molecule is Cc1c(Cl)ccc2sc(N(CCCN(C)C)C(=O)c3cc(Cl)cc(Cl)c3)nc12. The van der Waals surface area contributed by atoms with Gasteiger partial charge < -0.3 is 4.90 Å². The van der Waals surface area contributed by atoms with Crippen molar-refractivity contribution < 1.29 is 4.79 Å². The van der Waals surface area contributed by atoms with E-state index < -0.39 is 0 Å². The molecule has 0 aliphatic rings. The molecule has 0 spiro atoms. The first-order valence-corrected chi connectivity index (χ1v) is 10.7. The molecule has 0 bridgehead atoms. The Morgan fingerprint density at radius 1 is 1.07 bits per heavy atom. The molecule has 0 saturated heterocycles. The molecule has 3 rings (SSSR count). The average Bonchev–Trinajstić information content (AvgIpc) is 3.05. The van der Waals surface area contributed by atoms with Crippen LogP contribution in [0.1, 0.15) is 22.3 Å². The van der Waals surface area contributed by atoms with E-state index in [0.29, 0.717) is 32.3 Å². The second-order valence-electron chi connectivity index (χ2n) is 6.79. The van der Waals surface area contributed by atoms with E-state index in [4.69, 9.17) is 39.8 Å². The Labute approximate surface area is 183 Å². The van der Waals surface area contributed by atoms with Crippen LogP contribution in [0.5, 0.6) is 0 Å². The van der Waals surface area contributed by atoms with Crippen molar-refractivity contribution in [1.29, 1.82) is 0 Å². The molecule has 1 heterocycles. The van der Waals surface area contributed by atoms with Crippen LogP contribution in [0.2, 0.25) is 15.1 Å². The molecule has 0 saturated carbocycles. The maximum Gasteiger partial charge on any atom is 0.260 e. The van der Waals surface area contributed by atoms with E-state index in [1.54, 1.807) is 23.1 Å². The largest absolute Gasteiger partial charge is 0.309 e. The highest BCUT2D eigenvalue weighted by Gasteiger charge is 2.22. The maximum atomic E-state index is 13.3. The van der Waals surface area contributed by atoms with E-state index in [2.05, 4.69) is 4.90 Å². The van der Waals surface area contributed by atoms with E-state index >= 15 is 0 Å². The zero-order valence-electron chi connectivity index (χ0n) is 15.8. The molecule has 28 heavy (non-hydrogen) atoms. The summed E-state index contributed by atoms with van der Waals surface area (Å²) in [5.74, 6) is -0.175. The minimum atomic E-state index is -0.175. The summed E-state index contributed by atoms with van der Waals surface area (Å²) in [5.41, 5.74) is 2.17. The molecule has 0 radical (unpaired) electrons. The van der Waals surface area contributed by atoms with E-state index in [1.807, 2.05) is 33.2 Å². The number of thiazole rings is 1. The molecule has 0 N–H and O–H groups in total. The zero-order valence-corrected chi connectivity index (χ0v) is 18.9. The molecule has 148 valence electrons. The summed E-state index contributed by atoms with van der Waals surface area (Å²) < 4.78 is 0.992. The van der Waals surface area contributed by atoms with Gasteiger partial charge in [-0.2, -0.15) is 0 Å². The minimum Gasteiger partial charge on any atom is -0.309 e. The molecule has 0 aliphatic carbocycles. The van der Waals surface area contributed by atoms with Crippen molar-refractivity contribution in [3.63, 3.8) is 0 Å². The van der Waals surface area contributed by atoms with Gasteiger partial charge in [-0.15, -0.1) is 0 Å². The first kappa shape index (κ1) is 21.3. The van der Waals surface area contributed by atoms with Crippen LogP contribution >= 0.6 is 46.1 Å². The van der Waals surface area contributed by atoms with Crippen molar-refractivity contribution >= 4 is 67.4 Å². The molecule has 0 fully saturated rings. The average molecular weight is 457 g/mol. The van der Waals surface area contributed by atoms with Gasteiger partial charge in [0.1, 0.15) is 0 Å². The molecule has 3 aromatic rings. The highest BCUT2D eigenvalue weighted by molar-refractivity contribution is 7.22. The Morgan fingerprint density at radius 2 is 1.75 bits per heavy atom. The first-order chi connectivity index (χ1) is 13.3. The van der Waals surface area contributed by atoms with Gasteiger partial charge >= 0.3 is 0 Å². The number of carbonyl (C=O) groups is 1. The fourth-order valence-electron chi connectivity index (χ4n) is 2.87. The molecule has 8 heteroatoms. The molecule has 0 atom stereocenters. The fourth-order valence-corrected chi connectivity index (χ4v) is 4.59. The Hall–Kier alpha value is -1.37. The van der Waals surface area contributed by atoms with Gasteiger partial charge in [-0.25, -0.2) is 4.98 Å². The summed E-state index contributed by atoms with van der Waals surface area (Å²) in [7, 11) is 4.01. The number of aromatic nitrogens is 1. The number of fused-ring (bicyclic) bond motifs is 1. The maximum absolute atomic E-state index is 13.3. The van der Waals surface area contributed by atoms with Crippen molar-refractivity contribution in [2.24, 2.45) is 0 Å². The molecular formula is C20H20Cl3N3OS. The Kier molecular flexibility index (Phi) is 6.84. The topological polar surface area (TPSA) is 36.4 Å². The normalized spacial score (nSPS) is 11.4. The number of nitrogens with zero attached hydrogens (tertiary/aromatic N) is 3.